The number of carbonyl (C=O) groups is 1. The Labute approximate surface area is 109 Å². The summed E-state index contributed by atoms with van der Waals surface area (Å²) in [5.74, 6) is 0.857. The summed E-state index contributed by atoms with van der Waals surface area (Å²) in [6.45, 7) is 7.02. The van der Waals surface area contributed by atoms with Gasteiger partial charge in [0.25, 0.3) is 0 Å². The van der Waals surface area contributed by atoms with Crippen molar-refractivity contribution in [2.45, 2.75) is 39.7 Å². The molecule has 18 heavy (non-hydrogen) atoms. The minimum absolute atomic E-state index is 0.0319. The molecule has 3 nitrogen and oxygen atoms in total. The maximum atomic E-state index is 11.5. The zero-order chi connectivity index (χ0) is 13.3. The van der Waals surface area contributed by atoms with E-state index in [1.807, 2.05) is 18.2 Å². The van der Waals surface area contributed by atoms with E-state index in [2.05, 4.69) is 18.7 Å². The summed E-state index contributed by atoms with van der Waals surface area (Å²) < 4.78 is 0. The highest BCUT2D eigenvalue weighted by molar-refractivity contribution is 6.00. The van der Waals surface area contributed by atoms with Gasteiger partial charge in [-0.25, -0.2) is 0 Å². The maximum absolute atomic E-state index is 11.5. The van der Waals surface area contributed by atoms with Gasteiger partial charge in [0, 0.05) is 29.5 Å². The Balaban J connectivity index is 2.28. The van der Waals surface area contributed by atoms with E-state index in [0.717, 1.165) is 18.2 Å². The number of nitrogens with zero attached hydrogens (tertiary/aromatic N) is 1. The molecule has 2 N–H and O–H groups in total. The molecule has 0 aliphatic heterocycles. The summed E-state index contributed by atoms with van der Waals surface area (Å²) in [6, 6.07) is 6.23. The lowest BCUT2D eigenvalue weighted by molar-refractivity contribution is 0.101. The highest BCUT2D eigenvalue weighted by Crippen LogP contribution is 2.33. The zero-order valence-corrected chi connectivity index (χ0v) is 11.4. The SMILES string of the molecule is CC(=O)c1cc(N(CC2CC2)C(C)C)ccc1N. The quantitative estimate of drug-likeness (QED) is 0.641. The van der Waals surface area contributed by atoms with Gasteiger partial charge in [-0.2, -0.15) is 0 Å². The molecule has 1 aromatic carbocycles. The van der Waals surface area contributed by atoms with Gasteiger partial charge in [0.15, 0.2) is 5.78 Å². The fourth-order valence-corrected chi connectivity index (χ4v) is 2.22. The molecule has 1 fully saturated rings. The van der Waals surface area contributed by atoms with Gasteiger partial charge >= 0.3 is 0 Å². The third-order valence-corrected chi connectivity index (χ3v) is 3.52. The van der Waals surface area contributed by atoms with Crippen molar-refractivity contribution in [1.29, 1.82) is 0 Å². The number of anilines is 2. The van der Waals surface area contributed by atoms with Crippen molar-refractivity contribution >= 4 is 17.2 Å². The number of Topliss-reactive ketones (excluding diaryl/α,β-unsaturated/α-hetero) is 1. The van der Waals surface area contributed by atoms with Crippen molar-refractivity contribution in [1.82, 2.24) is 0 Å². The van der Waals surface area contributed by atoms with Crippen molar-refractivity contribution in [3.8, 4) is 0 Å². The lowest BCUT2D eigenvalue weighted by Crippen LogP contribution is -2.32. The predicted octanol–water partition coefficient (Wildman–Crippen LogP) is 3.10. The van der Waals surface area contributed by atoms with Crippen LogP contribution in [0.4, 0.5) is 11.4 Å². The molecule has 3 heteroatoms. The van der Waals surface area contributed by atoms with Crippen molar-refractivity contribution in [3.63, 3.8) is 0 Å². The minimum Gasteiger partial charge on any atom is -0.398 e. The van der Waals surface area contributed by atoms with Crippen LogP contribution in [0.15, 0.2) is 18.2 Å². The van der Waals surface area contributed by atoms with Crippen LogP contribution >= 0.6 is 0 Å². The zero-order valence-electron chi connectivity index (χ0n) is 11.4. The van der Waals surface area contributed by atoms with Crippen LogP contribution < -0.4 is 10.6 Å². The van der Waals surface area contributed by atoms with Crippen LogP contribution in [0.3, 0.4) is 0 Å². The van der Waals surface area contributed by atoms with Gasteiger partial charge in [0.05, 0.1) is 0 Å². The Kier molecular flexibility index (Phi) is 3.60. The molecule has 0 saturated heterocycles. The molecule has 0 radical (unpaired) electrons. The summed E-state index contributed by atoms with van der Waals surface area (Å²) in [7, 11) is 0. The fraction of sp³-hybridized carbons (Fsp3) is 0.533. The van der Waals surface area contributed by atoms with Gasteiger partial charge in [-0.3, -0.25) is 4.79 Å². The molecule has 0 heterocycles. The van der Waals surface area contributed by atoms with Crippen LogP contribution in [0.25, 0.3) is 0 Å². The second-order valence-electron chi connectivity index (χ2n) is 5.52. The molecule has 0 bridgehead atoms. The van der Waals surface area contributed by atoms with Crippen molar-refractivity contribution < 1.29 is 4.79 Å². The smallest absolute Gasteiger partial charge is 0.161 e. The van der Waals surface area contributed by atoms with Crippen LogP contribution in [0.1, 0.15) is 44.0 Å². The van der Waals surface area contributed by atoms with Crippen LogP contribution in [0.5, 0.6) is 0 Å². The predicted molar refractivity (Wildman–Crippen MR) is 76.1 cm³/mol. The third kappa shape index (κ3) is 2.84. The van der Waals surface area contributed by atoms with E-state index in [-0.39, 0.29) is 5.78 Å². The molecule has 0 atom stereocenters. The summed E-state index contributed by atoms with van der Waals surface area (Å²) in [4.78, 5) is 13.9. The number of hydrogen-bond acceptors (Lipinski definition) is 3. The number of hydrogen-bond donors (Lipinski definition) is 1. The lowest BCUT2D eigenvalue weighted by atomic mass is 10.1. The van der Waals surface area contributed by atoms with E-state index in [1.54, 1.807) is 6.92 Å². The number of nitrogen functional groups attached to an aromatic ring is 1. The van der Waals surface area contributed by atoms with Gasteiger partial charge < -0.3 is 10.6 Å². The van der Waals surface area contributed by atoms with E-state index in [9.17, 15) is 4.79 Å². The molecule has 1 aromatic rings. The van der Waals surface area contributed by atoms with Crippen molar-refractivity contribution in [2.24, 2.45) is 5.92 Å². The molecular formula is C15H22N2O. The molecule has 1 saturated carbocycles. The molecular weight excluding hydrogens is 224 g/mol. The largest absolute Gasteiger partial charge is 0.398 e. The van der Waals surface area contributed by atoms with E-state index < -0.39 is 0 Å². The average molecular weight is 246 g/mol. The molecule has 2 rings (SSSR count). The Morgan fingerprint density at radius 1 is 1.44 bits per heavy atom. The normalized spacial score (nSPS) is 14.9. The first-order chi connectivity index (χ1) is 8.49. The Morgan fingerprint density at radius 3 is 2.61 bits per heavy atom. The van der Waals surface area contributed by atoms with Gasteiger partial charge in [-0.1, -0.05) is 0 Å². The fourth-order valence-electron chi connectivity index (χ4n) is 2.22. The van der Waals surface area contributed by atoms with E-state index in [0.29, 0.717) is 17.3 Å². The Bertz CT molecular complexity index is 450. The number of benzene rings is 1. The summed E-state index contributed by atoms with van der Waals surface area (Å²) in [5.41, 5.74) is 8.15. The van der Waals surface area contributed by atoms with Crippen LogP contribution in [-0.2, 0) is 0 Å². The second kappa shape index (κ2) is 5.01. The lowest BCUT2D eigenvalue weighted by Gasteiger charge is -2.29. The van der Waals surface area contributed by atoms with Gasteiger partial charge in [-0.05, 0) is 57.7 Å². The Morgan fingerprint density at radius 2 is 2.11 bits per heavy atom. The van der Waals surface area contributed by atoms with Crippen LogP contribution in [-0.4, -0.2) is 18.4 Å². The molecule has 1 aliphatic rings. The number of rotatable bonds is 5. The van der Waals surface area contributed by atoms with Gasteiger partial charge in [0.2, 0.25) is 0 Å². The molecule has 0 aromatic heterocycles. The molecule has 0 unspecified atom stereocenters. The molecule has 1 aliphatic carbocycles. The van der Waals surface area contributed by atoms with E-state index >= 15 is 0 Å². The van der Waals surface area contributed by atoms with Gasteiger partial charge in [0.1, 0.15) is 0 Å². The third-order valence-electron chi connectivity index (χ3n) is 3.52. The standard InChI is InChI=1S/C15H22N2O/c1-10(2)17(9-12-4-5-12)13-6-7-15(16)14(8-13)11(3)18/h6-8,10,12H,4-5,9,16H2,1-3H3. The first-order valence-corrected chi connectivity index (χ1v) is 6.66. The van der Waals surface area contributed by atoms with Crippen molar-refractivity contribution in [3.05, 3.63) is 23.8 Å². The number of nitrogens with two attached hydrogens (primary N) is 1. The molecule has 0 spiro atoms. The van der Waals surface area contributed by atoms with E-state index in [1.165, 1.54) is 12.8 Å². The Hall–Kier alpha value is -1.51. The number of carbonyl (C=O) groups excluding carboxylic acids is 1. The highest BCUT2D eigenvalue weighted by Gasteiger charge is 2.26. The van der Waals surface area contributed by atoms with Gasteiger partial charge in [-0.15, -0.1) is 0 Å². The summed E-state index contributed by atoms with van der Waals surface area (Å²) in [6.07, 6.45) is 2.66. The van der Waals surface area contributed by atoms with Crippen LogP contribution in [0, 0.1) is 5.92 Å². The second-order valence-corrected chi connectivity index (χ2v) is 5.52. The summed E-state index contributed by atoms with van der Waals surface area (Å²) >= 11 is 0. The van der Waals surface area contributed by atoms with E-state index in [4.69, 9.17) is 5.73 Å². The maximum Gasteiger partial charge on any atom is 0.161 e. The van der Waals surface area contributed by atoms with Crippen LogP contribution in [0.2, 0.25) is 0 Å². The average Bonchev–Trinajstić information content (AvgIpc) is 3.10. The number of ketones is 1. The first-order valence-electron chi connectivity index (χ1n) is 6.66. The first kappa shape index (κ1) is 12.9. The molecule has 0 amide bonds. The highest BCUT2D eigenvalue weighted by atomic mass is 16.1. The molecule has 98 valence electrons. The minimum atomic E-state index is 0.0319. The van der Waals surface area contributed by atoms with Crippen molar-refractivity contribution in [2.75, 3.05) is 17.2 Å². The monoisotopic (exact) mass is 246 g/mol. The topological polar surface area (TPSA) is 46.3 Å². The summed E-state index contributed by atoms with van der Waals surface area (Å²) in [5, 5.41) is 0.